The molecule has 0 bridgehead atoms. The molecule has 0 saturated carbocycles. The lowest BCUT2D eigenvalue weighted by atomic mass is 10.2. The molecule has 0 atom stereocenters. The van der Waals surface area contributed by atoms with Crippen LogP contribution in [0.25, 0.3) is 0 Å². The Labute approximate surface area is 123 Å². The van der Waals surface area contributed by atoms with Crippen LogP contribution in [-0.2, 0) is 24.5 Å². The van der Waals surface area contributed by atoms with Crippen LogP contribution in [0.15, 0.2) is 54.5 Å². The summed E-state index contributed by atoms with van der Waals surface area (Å²) < 4.78 is 46.3. The molecule has 0 fully saturated rings. The zero-order valence-corrected chi connectivity index (χ0v) is 13.3. The average molecular weight is 332 g/mol. The first kappa shape index (κ1) is 17.0. The Hall–Kier alpha value is -1.05. The molecule has 1 aromatic rings. The standard InChI is InChI=1S/C13H16O4S3/c1-2-10-19(14,15)11-6-9-18-20(16,17)12-13-7-4-3-5-8-13/h2-9H,1,10-12H2/b9-6-. The van der Waals surface area contributed by atoms with Gasteiger partial charge in [0.15, 0.2) is 9.84 Å². The first-order valence-electron chi connectivity index (χ1n) is 5.76. The van der Waals surface area contributed by atoms with Crippen molar-refractivity contribution in [3.8, 4) is 0 Å². The quantitative estimate of drug-likeness (QED) is 0.540. The van der Waals surface area contributed by atoms with Gasteiger partial charge in [-0.15, -0.1) is 6.58 Å². The lowest BCUT2D eigenvalue weighted by Gasteiger charge is -2.00. The summed E-state index contributed by atoms with van der Waals surface area (Å²) in [4.78, 5) is 0. The molecule has 110 valence electrons. The summed E-state index contributed by atoms with van der Waals surface area (Å²) >= 11 is 0. The van der Waals surface area contributed by atoms with Gasteiger partial charge in [-0.3, -0.25) is 0 Å². The Kier molecular flexibility index (Phi) is 6.51. The van der Waals surface area contributed by atoms with Crippen LogP contribution in [0.4, 0.5) is 0 Å². The second kappa shape index (κ2) is 7.66. The van der Waals surface area contributed by atoms with Gasteiger partial charge in [0.05, 0.1) is 17.3 Å². The highest BCUT2D eigenvalue weighted by molar-refractivity contribution is 8.72. The average Bonchev–Trinajstić information content (AvgIpc) is 2.35. The first-order chi connectivity index (χ1) is 9.35. The van der Waals surface area contributed by atoms with Gasteiger partial charge >= 0.3 is 0 Å². The van der Waals surface area contributed by atoms with Crippen LogP contribution in [0.1, 0.15) is 5.56 Å². The van der Waals surface area contributed by atoms with Gasteiger partial charge in [0.2, 0.25) is 8.87 Å². The van der Waals surface area contributed by atoms with E-state index in [1.165, 1.54) is 17.6 Å². The van der Waals surface area contributed by atoms with Crippen molar-refractivity contribution in [3.05, 3.63) is 60.0 Å². The molecule has 0 aliphatic carbocycles. The SMILES string of the molecule is C=CCS(=O)(=O)C/C=C\SS(=O)(=O)Cc1ccccc1. The monoisotopic (exact) mass is 332 g/mol. The predicted molar refractivity (Wildman–Crippen MR) is 84.6 cm³/mol. The van der Waals surface area contributed by atoms with E-state index in [4.69, 9.17) is 0 Å². The molecule has 0 aliphatic heterocycles. The van der Waals surface area contributed by atoms with Crippen LogP contribution >= 0.6 is 10.8 Å². The largest absolute Gasteiger partial charge is 0.228 e. The molecule has 0 spiro atoms. The zero-order chi connectivity index (χ0) is 15.1. The minimum absolute atomic E-state index is 0.0811. The van der Waals surface area contributed by atoms with Crippen molar-refractivity contribution in [2.75, 3.05) is 11.5 Å². The van der Waals surface area contributed by atoms with Gasteiger partial charge in [-0.25, -0.2) is 16.8 Å². The van der Waals surface area contributed by atoms with Crippen molar-refractivity contribution in [3.63, 3.8) is 0 Å². The van der Waals surface area contributed by atoms with Gasteiger partial charge < -0.3 is 0 Å². The van der Waals surface area contributed by atoms with E-state index in [-0.39, 0.29) is 17.3 Å². The minimum Gasteiger partial charge on any atom is -0.228 e. The van der Waals surface area contributed by atoms with Gasteiger partial charge in [-0.2, -0.15) is 0 Å². The van der Waals surface area contributed by atoms with E-state index in [0.717, 1.165) is 0 Å². The normalized spacial score (nSPS) is 12.6. The third-order valence-corrected chi connectivity index (χ3v) is 6.50. The lowest BCUT2D eigenvalue weighted by Crippen LogP contribution is -2.06. The zero-order valence-electron chi connectivity index (χ0n) is 10.8. The van der Waals surface area contributed by atoms with Gasteiger partial charge in [0.1, 0.15) is 0 Å². The summed E-state index contributed by atoms with van der Waals surface area (Å²) in [6, 6.07) is 8.82. The number of sulfone groups is 1. The molecule has 0 radical (unpaired) electrons. The molecule has 1 rings (SSSR count). The van der Waals surface area contributed by atoms with E-state index in [2.05, 4.69) is 6.58 Å². The van der Waals surface area contributed by atoms with E-state index >= 15 is 0 Å². The molecule has 20 heavy (non-hydrogen) atoms. The molecule has 0 heterocycles. The van der Waals surface area contributed by atoms with Crippen LogP contribution in [0.2, 0.25) is 0 Å². The molecule has 0 amide bonds. The van der Waals surface area contributed by atoms with Crippen LogP contribution in [0, 0.1) is 0 Å². The molecule has 0 aliphatic rings. The van der Waals surface area contributed by atoms with E-state index in [0.29, 0.717) is 16.4 Å². The van der Waals surface area contributed by atoms with Crippen LogP contribution in [0.5, 0.6) is 0 Å². The number of benzene rings is 1. The number of hydrogen-bond donors (Lipinski definition) is 0. The molecule has 0 N–H and O–H groups in total. The number of hydrogen-bond acceptors (Lipinski definition) is 5. The van der Waals surface area contributed by atoms with Crippen LogP contribution < -0.4 is 0 Å². The number of rotatable bonds is 8. The van der Waals surface area contributed by atoms with Crippen molar-refractivity contribution in [2.24, 2.45) is 0 Å². The second-order valence-electron chi connectivity index (χ2n) is 4.02. The van der Waals surface area contributed by atoms with Gasteiger partial charge in [-0.1, -0.05) is 42.5 Å². The van der Waals surface area contributed by atoms with Crippen LogP contribution in [0.3, 0.4) is 0 Å². The van der Waals surface area contributed by atoms with E-state index in [9.17, 15) is 16.8 Å². The smallest absolute Gasteiger partial charge is 0.209 e. The van der Waals surface area contributed by atoms with E-state index in [1.807, 2.05) is 6.07 Å². The van der Waals surface area contributed by atoms with E-state index in [1.54, 1.807) is 24.3 Å². The predicted octanol–water partition coefficient (Wildman–Crippen LogP) is 2.36. The molecule has 7 heteroatoms. The Bertz CT molecular complexity index is 659. The third kappa shape index (κ3) is 6.93. The molecule has 1 aromatic carbocycles. The van der Waals surface area contributed by atoms with E-state index < -0.39 is 18.7 Å². The van der Waals surface area contributed by atoms with Crippen molar-refractivity contribution < 1.29 is 16.8 Å². The topological polar surface area (TPSA) is 68.3 Å². The minimum atomic E-state index is -3.35. The third-order valence-electron chi connectivity index (χ3n) is 2.21. The molecular formula is C13H16O4S3. The van der Waals surface area contributed by atoms with Crippen molar-refractivity contribution in [1.29, 1.82) is 0 Å². The summed E-state index contributed by atoms with van der Waals surface area (Å²) in [7, 11) is -5.94. The lowest BCUT2D eigenvalue weighted by molar-refractivity contribution is 0.601. The highest BCUT2D eigenvalue weighted by atomic mass is 33.1. The van der Waals surface area contributed by atoms with Crippen LogP contribution in [-0.4, -0.2) is 28.3 Å². The maximum atomic E-state index is 11.8. The summed E-state index contributed by atoms with van der Waals surface area (Å²) in [5.74, 6) is -0.381. The fourth-order valence-electron chi connectivity index (χ4n) is 1.37. The first-order valence-corrected chi connectivity index (χ1v) is 10.6. The molecule has 0 unspecified atom stereocenters. The van der Waals surface area contributed by atoms with Crippen molar-refractivity contribution in [1.82, 2.24) is 0 Å². The molecular weight excluding hydrogens is 316 g/mol. The van der Waals surface area contributed by atoms with Gasteiger partial charge in [0, 0.05) is 0 Å². The Morgan fingerprint density at radius 1 is 1.05 bits per heavy atom. The summed E-state index contributed by atoms with van der Waals surface area (Å²) in [6.07, 6.45) is 2.65. The molecule has 4 nitrogen and oxygen atoms in total. The summed E-state index contributed by atoms with van der Waals surface area (Å²) in [5, 5.41) is 1.30. The highest BCUT2D eigenvalue weighted by Crippen LogP contribution is 2.19. The maximum Gasteiger partial charge on any atom is 0.209 e. The Morgan fingerprint density at radius 2 is 1.70 bits per heavy atom. The Balaban J connectivity index is 2.54. The summed E-state index contributed by atoms with van der Waals surface area (Å²) in [5.41, 5.74) is 0.702. The Morgan fingerprint density at radius 3 is 2.30 bits per heavy atom. The highest BCUT2D eigenvalue weighted by Gasteiger charge is 2.11. The molecule has 0 saturated heterocycles. The molecule has 0 aromatic heterocycles. The van der Waals surface area contributed by atoms with Gasteiger partial charge in [0.25, 0.3) is 0 Å². The van der Waals surface area contributed by atoms with Gasteiger partial charge in [-0.05, 0) is 21.8 Å². The summed E-state index contributed by atoms with van der Waals surface area (Å²) in [6.45, 7) is 3.36. The fraction of sp³-hybridized carbons (Fsp3) is 0.231. The van der Waals surface area contributed by atoms with Crippen molar-refractivity contribution >= 4 is 29.5 Å². The second-order valence-corrected chi connectivity index (χ2v) is 10.1. The van der Waals surface area contributed by atoms with Crippen molar-refractivity contribution in [2.45, 2.75) is 5.75 Å². The fourth-order valence-corrected chi connectivity index (χ4v) is 4.75. The maximum absolute atomic E-state index is 11.8.